The number of amides is 2. The Balaban J connectivity index is 2.05. The van der Waals surface area contributed by atoms with Gasteiger partial charge < -0.3 is 10.6 Å². The Morgan fingerprint density at radius 3 is 2.50 bits per heavy atom. The van der Waals surface area contributed by atoms with E-state index in [1.54, 1.807) is 0 Å². The van der Waals surface area contributed by atoms with E-state index in [-0.39, 0.29) is 6.03 Å². The van der Waals surface area contributed by atoms with Gasteiger partial charge in [0.2, 0.25) is 0 Å². The molecule has 1 rings (SSSR count). The predicted octanol–water partition coefficient (Wildman–Crippen LogP) is 2.94. The lowest BCUT2D eigenvalue weighted by Crippen LogP contribution is -2.36. The van der Waals surface area contributed by atoms with Crippen LogP contribution >= 0.6 is 11.8 Å². The fraction of sp³-hybridized carbons (Fsp3) is 0.500. The highest BCUT2D eigenvalue weighted by molar-refractivity contribution is 7.98. The zero-order valence-corrected chi connectivity index (χ0v) is 12.0. The molecule has 1 aromatic rings. The lowest BCUT2D eigenvalue weighted by Gasteiger charge is -2.06. The first-order valence-electron chi connectivity index (χ1n) is 6.37. The maximum Gasteiger partial charge on any atom is 0.314 e. The van der Waals surface area contributed by atoms with Gasteiger partial charge >= 0.3 is 6.03 Å². The van der Waals surface area contributed by atoms with E-state index in [9.17, 15) is 4.79 Å². The Hall–Kier alpha value is -1.16. The van der Waals surface area contributed by atoms with Crippen molar-refractivity contribution in [2.75, 3.05) is 18.8 Å². The van der Waals surface area contributed by atoms with Gasteiger partial charge in [0.1, 0.15) is 0 Å². The molecular formula is C14H22N2OS. The van der Waals surface area contributed by atoms with Crippen molar-refractivity contribution in [1.29, 1.82) is 0 Å². The van der Waals surface area contributed by atoms with Crippen molar-refractivity contribution in [3.05, 3.63) is 35.4 Å². The Morgan fingerprint density at radius 2 is 1.83 bits per heavy atom. The molecule has 18 heavy (non-hydrogen) atoms. The molecule has 0 saturated carbocycles. The molecule has 100 valence electrons. The summed E-state index contributed by atoms with van der Waals surface area (Å²) in [7, 11) is 0. The first kappa shape index (κ1) is 14.9. The molecule has 0 bridgehead atoms. The second kappa shape index (κ2) is 8.86. The largest absolute Gasteiger partial charge is 0.338 e. The zero-order valence-electron chi connectivity index (χ0n) is 11.2. The monoisotopic (exact) mass is 266 g/mol. The van der Waals surface area contributed by atoms with E-state index in [1.165, 1.54) is 11.1 Å². The Kier molecular flexibility index (Phi) is 7.34. The van der Waals surface area contributed by atoms with Gasteiger partial charge in [-0.15, -0.1) is 0 Å². The summed E-state index contributed by atoms with van der Waals surface area (Å²) in [5.41, 5.74) is 2.62. The lowest BCUT2D eigenvalue weighted by molar-refractivity contribution is 0.241. The minimum absolute atomic E-state index is 0.0622. The van der Waals surface area contributed by atoms with Crippen LogP contribution in [0.2, 0.25) is 0 Å². The number of nitrogens with one attached hydrogen (secondary N) is 2. The Bertz CT molecular complexity index is 351. The first-order valence-corrected chi connectivity index (χ1v) is 7.53. The summed E-state index contributed by atoms with van der Waals surface area (Å²) in [6, 6.07) is 8.51. The smallest absolute Gasteiger partial charge is 0.314 e. The van der Waals surface area contributed by atoms with Crippen LogP contribution in [0.15, 0.2) is 24.3 Å². The summed E-state index contributed by atoms with van der Waals surface area (Å²) in [6.07, 6.45) is 0.968. The topological polar surface area (TPSA) is 41.1 Å². The van der Waals surface area contributed by atoms with Crippen molar-refractivity contribution >= 4 is 17.8 Å². The molecule has 2 amide bonds. The number of aryl methyl sites for hydroxylation is 1. The summed E-state index contributed by atoms with van der Waals surface area (Å²) in [5, 5.41) is 5.63. The van der Waals surface area contributed by atoms with E-state index >= 15 is 0 Å². The molecule has 0 fully saturated rings. The maximum atomic E-state index is 11.2. The number of urea groups is 1. The molecule has 0 aromatic heterocycles. The molecule has 0 radical (unpaired) electrons. The fourth-order valence-corrected chi connectivity index (χ4v) is 2.23. The van der Waals surface area contributed by atoms with Crippen LogP contribution in [0.3, 0.4) is 0 Å². The van der Waals surface area contributed by atoms with Gasteiger partial charge in [-0.1, -0.05) is 36.8 Å². The van der Waals surface area contributed by atoms with Crippen LogP contribution in [0.25, 0.3) is 0 Å². The van der Waals surface area contributed by atoms with Crippen LogP contribution in [0, 0.1) is 6.92 Å². The minimum atomic E-state index is -0.0622. The summed E-state index contributed by atoms with van der Waals surface area (Å²) < 4.78 is 0. The molecule has 0 aliphatic carbocycles. The third-order valence-corrected chi connectivity index (χ3v) is 3.49. The van der Waals surface area contributed by atoms with Crippen LogP contribution in [-0.2, 0) is 5.75 Å². The highest BCUT2D eigenvalue weighted by Crippen LogP contribution is 2.12. The number of benzene rings is 1. The van der Waals surface area contributed by atoms with Crippen molar-refractivity contribution in [2.24, 2.45) is 0 Å². The molecule has 0 saturated heterocycles. The van der Waals surface area contributed by atoms with Crippen LogP contribution in [0.4, 0.5) is 4.79 Å². The Labute approximate surface area is 114 Å². The normalized spacial score (nSPS) is 10.1. The number of rotatable bonds is 7. The molecule has 0 aliphatic rings. The van der Waals surface area contributed by atoms with Gasteiger partial charge in [-0.05, 0) is 18.9 Å². The van der Waals surface area contributed by atoms with E-state index in [2.05, 4.69) is 41.8 Å². The van der Waals surface area contributed by atoms with Crippen LogP contribution in [0.1, 0.15) is 24.5 Å². The van der Waals surface area contributed by atoms with Gasteiger partial charge in [0, 0.05) is 24.6 Å². The third-order valence-electron chi connectivity index (χ3n) is 2.46. The van der Waals surface area contributed by atoms with E-state index in [4.69, 9.17) is 0 Å². The number of hydrogen-bond acceptors (Lipinski definition) is 2. The maximum absolute atomic E-state index is 11.2. The lowest BCUT2D eigenvalue weighted by atomic mass is 10.2. The van der Waals surface area contributed by atoms with Gasteiger partial charge in [0.05, 0.1) is 0 Å². The molecular weight excluding hydrogens is 244 g/mol. The minimum Gasteiger partial charge on any atom is -0.338 e. The molecule has 1 aromatic carbocycles. The predicted molar refractivity (Wildman–Crippen MR) is 79.0 cm³/mol. The van der Waals surface area contributed by atoms with Gasteiger partial charge in [-0.3, -0.25) is 0 Å². The van der Waals surface area contributed by atoms with E-state index in [0.717, 1.165) is 24.5 Å². The van der Waals surface area contributed by atoms with Crippen molar-refractivity contribution in [3.8, 4) is 0 Å². The molecule has 3 nitrogen and oxygen atoms in total. The quantitative estimate of drug-likeness (QED) is 0.745. The summed E-state index contributed by atoms with van der Waals surface area (Å²) in [5.74, 6) is 1.94. The van der Waals surface area contributed by atoms with E-state index < -0.39 is 0 Å². The SMILES string of the molecule is CCCNC(=O)NCCSCc1ccc(C)cc1. The van der Waals surface area contributed by atoms with Crippen LogP contribution in [0.5, 0.6) is 0 Å². The highest BCUT2D eigenvalue weighted by atomic mass is 32.2. The fourth-order valence-electron chi connectivity index (χ4n) is 1.41. The second-order valence-electron chi connectivity index (χ2n) is 4.22. The first-order chi connectivity index (χ1) is 8.72. The average molecular weight is 266 g/mol. The van der Waals surface area contributed by atoms with Crippen molar-refractivity contribution in [1.82, 2.24) is 10.6 Å². The number of carbonyl (C=O) groups is 1. The van der Waals surface area contributed by atoms with Crippen molar-refractivity contribution in [2.45, 2.75) is 26.0 Å². The van der Waals surface area contributed by atoms with Crippen molar-refractivity contribution in [3.63, 3.8) is 0 Å². The average Bonchev–Trinajstić information content (AvgIpc) is 2.38. The molecule has 4 heteroatoms. The van der Waals surface area contributed by atoms with Gasteiger partial charge in [-0.2, -0.15) is 11.8 Å². The summed E-state index contributed by atoms with van der Waals surface area (Å²) >= 11 is 1.84. The van der Waals surface area contributed by atoms with Gasteiger partial charge in [0.15, 0.2) is 0 Å². The molecule has 0 aliphatic heterocycles. The molecule has 0 spiro atoms. The van der Waals surface area contributed by atoms with E-state index in [1.807, 2.05) is 18.7 Å². The van der Waals surface area contributed by atoms with Crippen LogP contribution in [-0.4, -0.2) is 24.9 Å². The molecule has 2 N–H and O–H groups in total. The standard InChI is InChI=1S/C14H22N2OS/c1-3-8-15-14(17)16-9-10-18-11-13-6-4-12(2)5-7-13/h4-7H,3,8-11H2,1-2H3,(H2,15,16,17). The van der Waals surface area contributed by atoms with Gasteiger partial charge in [-0.25, -0.2) is 4.79 Å². The van der Waals surface area contributed by atoms with Crippen molar-refractivity contribution < 1.29 is 4.79 Å². The number of thioether (sulfide) groups is 1. The highest BCUT2D eigenvalue weighted by Gasteiger charge is 1.98. The molecule has 0 unspecified atom stereocenters. The number of hydrogen-bond donors (Lipinski definition) is 2. The summed E-state index contributed by atoms with van der Waals surface area (Å²) in [6.45, 7) is 5.59. The summed E-state index contributed by atoms with van der Waals surface area (Å²) in [4.78, 5) is 11.2. The third kappa shape index (κ3) is 6.55. The molecule has 0 heterocycles. The zero-order chi connectivity index (χ0) is 13.2. The van der Waals surface area contributed by atoms with E-state index in [0.29, 0.717) is 6.54 Å². The second-order valence-corrected chi connectivity index (χ2v) is 5.33. The van der Waals surface area contributed by atoms with Crippen LogP contribution < -0.4 is 10.6 Å². The molecule has 0 atom stereocenters. The Morgan fingerprint density at radius 1 is 1.17 bits per heavy atom. The van der Waals surface area contributed by atoms with Gasteiger partial charge in [0.25, 0.3) is 0 Å². The number of carbonyl (C=O) groups excluding carboxylic acids is 1.